The summed E-state index contributed by atoms with van der Waals surface area (Å²) in [5.41, 5.74) is 8.69. The molecular weight excluding hydrogens is 256 g/mol. The molecule has 0 aliphatic carbocycles. The average molecular weight is 274 g/mol. The van der Waals surface area contributed by atoms with E-state index in [1.165, 1.54) is 0 Å². The first-order chi connectivity index (χ1) is 9.15. The number of rotatable bonds is 5. The van der Waals surface area contributed by atoms with Crippen molar-refractivity contribution < 1.29 is 4.79 Å². The molecule has 100 valence electrons. The standard InChI is InChI=1S/C15H18N2OS/c1-11(13-2-4-14(16)5-3-13)8-15(18)17-9-12-6-7-19-10-12/h2-7,10-11H,8-9,16H2,1H3,(H,17,18). The fourth-order valence-electron chi connectivity index (χ4n) is 1.89. The Bertz CT molecular complexity index is 520. The number of hydrogen-bond acceptors (Lipinski definition) is 3. The molecule has 1 unspecified atom stereocenters. The molecule has 0 aliphatic heterocycles. The van der Waals surface area contributed by atoms with E-state index in [1.54, 1.807) is 11.3 Å². The van der Waals surface area contributed by atoms with Gasteiger partial charge in [-0.05, 0) is 46.0 Å². The Morgan fingerprint density at radius 3 is 2.68 bits per heavy atom. The first-order valence-corrected chi connectivity index (χ1v) is 7.22. The van der Waals surface area contributed by atoms with Gasteiger partial charge in [-0.1, -0.05) is 19.1 Å². The average Bonchev–Trinajstić information content (AvgIpc) is 2.90. The highest BCUT2D eigenvalue weighted by atomic mass is 32.1. The van der Waals surface area contributed by atoms with E-state index in [1.807, 2.05) is 41.1 Å². The van der Waals surface area contributed by atoms with Gasteiger partial charge >= 0.3 is 0 Å². The molecule has 3 nitrogen and oxygen atoms in total. The molecular formula is C15H18N2OS. The Balaban J connectivity index is 1.83. The third-order valence-electron chi connectivity index (χ3n) is 3.07. The van der Waals surface area contributed by atoms with E-state index < -0.39 is 0 Å². The van der Waals surface area contributed by atoms with E-state index in [4.69, 9.17) is 5.73 Å². The summed E-state index contributed by atoms with van der Waals surface area (Å²) in [6, 6.07) is 9.72. The van der Waals surface area contributed by atoms with Crippen molar-refractivity contribution in [3.63, 3.8) is 0 Å². The topological polar surface area (TPSA) is 55.1 Å². The Morgan fingerprint density at radius 2 is 2.05 bits per heavy atom. The van der Waals surface area contributed by atoms with Crippen molar-refractivity contribution in [1.29, 1.82) is 0 Å². The molecule has 0 aliphatic rings. The van der Waals surface area contributed by atoms with Crippen molar-refractivity contribution in [3.8, 4) is 0 Å². The van der Waals surface area contributed by atoms with E-state index >= 15 is 0 Å². The first-order valence-electron chi connectivity index (χ1n) is 6.28. The van der Waals surface area contributed by atoms with Crippen LogP contribution in [0.3, 0.4) is 0 Å². The van der Waals surface area contributed by atoms with Crippen molar-refractivity contribution in [2.24, 2.45) is 0 Å². The SMILES string of the molecule is CC(CC(=O)NCc1ccsc1)c1ccc(N)cc1. The molecule has 19 heavy (non-hydrogen) atoms. The summed E-state index contributed by atoms with van der Waals surface area (Å²) < 4.78 is 0. The van der Waals surface area contributed by atoms with Crippen LogP contribution < -0.4 is 11.1 Å². The summed E-state index contributed by atoms with van der Waals surface area (Å²) >= 11 is 1.64. The van der Waals surface area contributed by atoms with E-state index in [0.717, 1.165) is 16.8 Å². The monoisotopic (exact) mass is 274 g/mol. The maximum Gasteiger partial charge on any atom is 0.220 e. The molecule has 2 rings (SSSR count). The number of nitrogen functional groups attached to an aromatic ring is 1. The van der Waals surface area contributed by atoms with Crippen molar-refractivity contribution in [3.05, 3.63) is 52.2 Å². The molecule has 3 N–H and O–H groups in total. The van der Waals surface area contributed by atoms with Crippen LogP contribution >= 0.6 is 11.3 Å². The van der Waals surface area contributed by atoms with Crippen LogP contribution in [0.5, 0.6) is 0 Å². The lowest BCUT2D eigenvalue weighted by Gasteiger charge is -2.12. The van der Waals surface area contributed by atoms with E-state index in [-0.39, 0.29) is 11.8 Å². The van der Waals surface area contributed by atoms with E-state index in [2.05, 4.69) is 12.2 Å². The third-order valence-corrected chi connectivity index (χ3v) is 3.80. The number of carbonyl (C=O) groups excluding carboxylic acids is 1. The number of amides is 1. The Kier molecular flexibility index (Phi) is 4.58. The molecule has 4 heteroatoms. The first kappa shape index (κ1) is 13.6. The van der Waals surface area contributed by atoms with Gasteiger partial charge in [-0.2, -0.15) is 11.3 Å². The summed E-state index contributed by atoms with van der Waals surface area (Å²) in [7, 11) is 0. The molecule has 1 aromatic heterocycles. The number of anilines is 1. The number of carbonyl (C=O) groups is 1. The molecule has 0 bridgehead atoms. The Morgan fingerprint density at radius 1 is 1.32 bits per heavy atom. The van der Waals surface area contributed by atoms with Gasteiger partial charge in [0.1, 0.15) is 0 Å². The zero-order valence-electron chi connectivity index (χ0n) is 10.9. The van der Waals surface area contributed by atoms with Gasteiger partial charge in [0.25, 0.3) is 0 Å². The number of nitrogens with one attached hydrogen (secondary N) is 1. The smallest absolute Gasteiger partial charge is 0.220 e. The molecule has 0 radical (unpaired) electrons. The molecule has 0 saturated carbocycles. The largest absolute Gasteiger partial charge is 0.399 e. The van der Waals surface area contributed by atoms with Crippen LogP contribution in [0.4, 0.5) is 5.69 Å². The summed E-state index contributed by atoms with van der Waals surface area (Å²) in [5.74, 6) is 0.276. The van der Waals surface area contributed by atoms with Gasteiger partial charge in [-0.25, -0.2) is 0 Å². The number of benzene rings is 1. The van der Waals surface area contributed by atoms with Gasteiger partial charge in [0, 0.05) is 18.7 Å². The minimum atomic E-state index is 0.0792. The van der Waals surface area contributed by atoms with Crippen LogP contribution in [0.1, 0.15) is 30.4 Å². The van der Waals surface area contributed by atoms with Crippen LogP contribution in [0.2, 0.25) is 0 Å². The highest BCUT2D eigenvalue weighted by molar-refractivity contribution is 7.07. The van der Waals surface area contributed by atoms with Gasteiger partial charge in [-0.3, -0.25) is 4.79 Å². The molecule has 1 atom stereocenters. The van der Waals surface area contributed by atoms with Crippen LogP contribution in [-0.2, 0) is 11.3 Å². The minimum absolute atomic E-state index is 0.0792. The van der Waals surface area contributed by atoms with Crippen LogP contribution in [0.25, 0.3) is 0 Å². The second-order valence-electron chi connectivity index (χ2n) is 4.68. The lowest BCUT2D eigenvalue weighted by Crippen LogP contribution is -2.23. The highest BCUT2D eigenvalue weighted by Gasteiger charge is 2.10. The molecule has 1 heterocycles. The minimum Gasteiger partial charge on any atom is -0.399 e. The predicted octanol–water partition coefficient (Wildman–Crippen LogP) is 3.14. The van der Waals surface area contributed by atoms with Gasteiger partial charge in [0.2, 0.25) is 5.91 Å². The van der Waals surface area contributed by atoms with E-state index in [0.29, 0.717) is 13.0 Å². The maximum absolute atomic E-state index is 11.9. The predicted molar refractivity (Wildman–Crippen MR) is 80.1 cm³/mol. The van der Waals surface area contributed by atoms with Gasteiger partial charge < -0.3 is 11.1 Å². The summed E-state index contributed by atoms with van der Waals surface area (Å²) in [5, 5.41) is 7.00. The van der Waals surface area contributed by atoms with E-state index in [9.17, 15) is 4.79 Å². The second-order valence-corrected chi connectivity index (χ2v) is 5.46. The number of hydrogen-bond donors (Lipinski definition) is 2. The Labute approximate surface area is 117 Å². The third kappa shape index (κ3) is 4.10. The van der Waals surface area contributed by atoms with Crippen molar-refractivity contribution in [2.45, 2.75) is 25.8 Å². The summed E-state index contributed by atoms with van der Waals surface area (Å²) in [6.07, 6.45) is 0.494. The number of thiophene rings is 1. The maximum atomic E-state index is 11.9. The van der Waals surface area contributed by atoms with Gasteiger partial charge in [0.15, 0.2) is 0 Å². The summed E-state index contributed by atoms with van der Waals surface area (Å²) in [6.45, 7) is 2.66. The lowest BCUT2D eigenvalue weighted by atomic mass is 9.97. The van der Waals surface area contributed by atoms with Crippen LogP contribution in [0, 0.1) is 0 Å². The fourth-order valence-corrected chi connectivity index (χ4v) is 2.56. The molecule has 0 saturated heterocycles. The van der Waals surface area contributed by atoms with Gasteiger partial charge in [-0.15, -0.1) is 0 Å². The van der Waals surface area contributed by atoms with Gasteiger partial charge in [0.05, 0.1) is 0 Å². The van der Waals surface area contributed by atoms with Crippen molar-refractivity contribution in [2.75, 3.05) is 5.73 Å². The second kappa shape index (κ2) is 6.38. The zero-order valence-corrected chi connectivity index (χ0v) is 11.7. The molecule has 0 fully saturated rings. The number of nitrogens with two attached hydrogens (primary N) is 1. The molecule has 2 aromatic rings. The molecule has 1 amide bonds. The highest BCUT2D eigenvalue weighted by Crippen LogP contribution is 2.20. The normalized spacial score (nSPS) is 12.1. The molecule has 0 spiro atoms. The zero-order chi connectivity index (χ0) is 13.7. The molecule has 1 aromatic carbocycles. The Hall–Kier alpha value is -1.81. The van der Waals surface area contributed by atoms with Crippen molar-refractivity contribution >= 4 is 22.9 Å². The fraction of sp³-hybridized carbons (Fsp3) is 0.267. The van der Waals surface area contributed by atoms with Crippen LogP contribution in [-0.4, -0.2) is 5.91 Å². The quantitative estimate of drug-likeness (QED) is 0.823. The summed E-state index contributed by atoms with van der Waals surface area (Å²) in [4.78, 5) is 11.9. The van der Waals surface area contributed by atoms with Crippen molar-refractivity contribution in [1.82, 2.24) is 5.32 Å². The van der Waals surface area contributed by atoms with Crippen LogP contribution in [0.15, 0.2) is 41.1 Å². The lowest BCUT2D eigenvalue weighted by molar-refractivity contribution is -0.121.